The van der Waals surface area contributed by atoms with Crippen molar-refractivity contribution in [3.8, 4) is 11.5 Å². The van der Waals surface area contributed by atoms with E-state index in [9.17, 15) is 0 Å². The van der Waals surface area contributed by atoms with E-state index in [1.54, 1.807) is 13.1 Å². The molecule has 0 aliphatic carbocycles. The summed E-state index contributed by atoms with van der Waals surface area (Å²) in [4.78, 5) is 0. The van der Waals surface area contributed by atoms with E-state index in [2.05, 4.69) is 20.7 Å². The molecule has 86 valence electrons. The Hall–Kier alpha value is -1.69. The lowest BCUT2D eigenvalue weighted by Gasteiger charge is -2.05. The predicted octanol–water partition coefficient (Wildman–Crippen LogP) is 1.70. The first-order valence-corrected chi connectivity index (χ1v) is 5.20. The molecule has 2 rings (SSSR count). The third-order valence-corrected chi connectivity index (χ3v) is 2.30. The lowest BCUT2D eigenvalue weighted by Crippen LogP contribution is -2.17. The molecule has 0 aliphatic rings. The van der Waals surface area contributed by atoms with Gasteiger partial charge in [0.15, 0.2) is 0 Å². The van der Waals surface area contributed by atoms with E-state index < -0.39 is 0 Å². The number of aryl methyl sites for hydroxylation is 1. The first kappa shape index (κ1) is 10.8. The Morgan fingerprint density at radius 1 is 1.44 bits per heavy atom. The molecular formula is C10H14N4O2. The molecule has 2 aromatic rings. The third kappa shape index (κ3) is 1.96. The smallest absolute Gasteiger partial charge is 0.253 e. The van der Waals surface area contributed by atoms with Crippen molar-refractivity contribution in [1.29, 1.82) is 0 Å². The normalized spacial score (nSPS) is 12.9. The largest absolute Gasteiger partial charge is 0.419 e. The highest BCUT2D eigenvalue weighted by molar-refractivity contribution is 5.52. The van der Waals surface area contributed by atoms with Crippen molar-refractivity contribution in [3.05, 3.63) is 17.8 Å². The molecule has 2 heterocycles. The minimum absolute atomic E-state index is 0.0476. The summed E-state index contributed by atoms with van der Waals surface area (Å²) in [6.45, 7) is 6.66. The summed E-state index contributed by atoms with van der Waals surface area (Å²) in [5.74, 6) is 1.68. The van der Waals surface area contributed by atoms with Gasteiger partial charge in [0.05, 0.1) is 12.2 Å². The molecule has 0 bridgehead atoms. The van der Waals surface area contributed by atoms with Gasteiger partial charge in [-0.25, -0.2) is 0 Å². The molecule has 6 nitrogen and oxygen atoms in total. The van der Waals surface area contributed by atoms with Crippen molar-refractivity contribution in [3.63, 3.8) is 0 Å². The second kappa shape index (κ2) is 4.44. The maximum atomic E-state index is 5.54. The van der Waals surface area contributed by atoms with Crippen molar-refractivity contribution >= 4 is 0 Å². The Balaban J connectivity index is 2.23. The van der Waals surface area contributed by atoms with Crippen LogP contribution in [0, 0.1) is 6.92 Å². The summed E-state index contributed by atoms with van der Waals surface area (Å²) in [7, 11) is 0. The highest BCUT2D eigenvalue weighted by Crippen LogP contribution is 2.23. The van der Waals surface area contributed by atoms with E-state index in [4.69, 9.17) is 8.94 Å². The minimum atomic E-state index is 0.0476. The highest BCUT2D eigenvalue weighted by Gasteiger charge is 2.16. The molecule has 0 saturated carbocycles. The van der Waals surface area contributed by atoms with E-state index in [0.717, 1.165) is 12.1 Å². The highest BCUT2D eigenvalue weighted by atomic mass is 16.5. The average molecular weight is 222 g/mol. The zero-order chi connectivity index (χ0) is 11.5. The molecule has 16 heavy (non-hydrogen) atoms. The van der Waals surface area contributed by atoms with Gasteiger partial charge in [0, 0.05) is 0 Å². The van der Waals surface area contributed by atoms with Crippen LogP contribution in [0.15, 0.2) is 15.1 Å². The van der Waals surface area contributed by atoms with Crippen LogP contribution in [0.2, 0.25) is 0 Å². The Labute approximate surface area is 93.0 Å². The topological polar surface area (TPSA) is 77.0 Å². The Bertz CT molecular complexity index is 463. The first-order chi connectivity index (χ1) is 7.72. The first-order valence-electron chi connectivity index (χ1n) is 5.20. The van der Waals surface area contributed by atoms with Crippen LogP contribution in [0.1, 0.15) is 31.5 Å². The van der Waals surface area contributed by atoms with E-state index in [0.29, 0.717) is 17.5 Å². The monoisotopic (exact) mass is 222 g/mol. The van der Waals surface area contributed by atoms with Gasteiger partial charge in [0.1, 0.15) is 11.3 Å². The van der Waals surface area contributed by atoms with Crippen LogP contribution in [0.5, 0.6) is 0 Å². The number of hydrogen-bond acceptors (Lipinski definition) is 6. The maximum absolute atomic E-state index is 5.54. The number of aromatic nitrogens is 3. The average Bonchev–Trinajstić information content (AvgIpc) is 2.86. The van der Waals surface area contributed by atoms with Crippen LogP contribution in [0.3, 0.4) is 0 Å². The molecule has 6 heteroatoms. The third-order valence-electron chi connectivity index (χ3n) is 2.30. The maximum Gasteiger partial charge on any atom is 0.253 e. The van der Waals surface area contributed by atoms with Crippen molar-refractivity contribution in [2.45, 2.75) is 26.8 Å². The number of rotatable bonds is 4. The Morgan fingerprint density at radius 3 is 2.88 bits per heavy atom. The molecule has 0 spiro atoms. The van der Waals surface area contributed by atoms with Crippen molar-refractivity contribution < 1.29 is 8.94 Å². The summed E-state index contributed by atoms with van der Waals surface area (Å²) < 4.78 is 10.5. The minimum Gasteiger partial charge on any atom is -0.419 e. The van der Waals surface area contributed by atoms with Gasteiger partial charge in [-0.15, -0.1) is 10.2 Å². The van der Waals surface area contributed by atoms with E-state index in [-0.39, 0.29) is 6.04 Å². The van der Waals surface area contributed by atoms with Crippen molar-refractivity contribution in [1.82, 2.24) is 20.7 Å². The van der Waals surface area contributed by atoms with Gasteiger partial charge in [-0.3, -0.25) is 0 Å². The number of nitrogens with one attached hydrogen (secondary N) is 1. The molecule has 2 aromatic heterocycles. The molecule has 1 unspecified atom stereocenters. The van der Waals surface area contributed by atoms with Crippen LogP contribution in [-0.2, 0) is 0 Å². The molecular weight excluding hydrogens is 208 g/mol. The van der Waals surface area contributed by atoms with Gasteiger partial charge in [-0.05, 0) is 20.4 Å². The van der Waals surface area contributed by atoms with Crippen molar-refractivity contribution in [2.24, 2.45) is 0 Å². The Kier molecular flexibility index (Phi) is 3.00. The predicted molar refractivity (Wildman–Crippen MR) is 56.6 cm³/mol. The second-order valence-corrected chi connectivity index (χ2v) is 3.52. The molecule has 0 radical (unpaired) electrons. The summed E-state index contributed by atoms with van der Waals surface area (Å²) in [6.07, 6.45) is 1.57. The van der Waals surface area contributed by atoms with Crippen LogP contribution < -0.4 is 5.32 Å². The van der Waals surface area contributed by atoms with Crippen molar-refractivity contribution in [2.75, 3.05) is 6.54 Å². The molecule has 1 atom stereocenters. The summed E-state index contributed by atoms with van der Waals surface area (Å²) >= 11 is 0. The van der Waals surface area contributed by atoms with Crippen LogP contribution in [0.4, 0.5) is 0 Å². The fourth-order valence-corrected chi connectivity index (χ4v) is 1.42. The fourth-order valence-electron chi connectivity index (χ4n) is 1.42. The molecule has 0 aliphatic heterocycles. The van der Waals surface area contributed by atoms with Gasteiger partial charge in [0.25, 0.3) is 5.89 Å². The molecule has 0 fully saturated rings. The number of nitrogens with zero attached hydrogens (tertiary/aromatic N) is 3. The SMILES string of the molecule is CCNC(C)c1nnc(-c2cnoc2C)o1. The summed E-state index contributed by atoms with van der Waals surface area (Å²) in [6, 6.07) is 0.0476. The summed E-state index contributed by atoms with van der Waals surface area (Å²) in [5.41, 5.74) is 0.738. The van der Waals surface area contributed by atoms with Gasteiger partial charge >= 0.3 is 0 Å². The lowest BCUT2D eigenvalue weighted by atomic mass is 10.3. The Morgan fingerprint density at radius 2 is 2.25 bits per heavy atom. The number of hydrogen-bond donors (Lipinski definition) is 1. The van der Waals surface area contributed by atoms with Gasteiger partial charge in [-0.1, -0.05) is 12.1 Å². The molecule has 0 aromatic carbocycles. The van der Waals surface area contributed by atoms with Crippen LogP contribution in [-0.4, -0.2) is 21.9 Å². The molecule has 0 amide bonds. The zero-order valence-electron chi connectivity index (χ0n) is 9.52. The van der Waals surface area contributed by atoms with Gasteiger partial charge in [0.2, 0.25) is 5.89 Å². The zero-order valence-corrected chi connectivity index (χ0v) is 9.52. The summed E-state index contributed by atoms with van der Waals surface area (Å²) in [5, 5.41) is 14.8. The van der Waals surface area contributed by atoms with Crippen LogP contribution >= 0.6 is 0 Å². The quantitative estimate of drug-likeness (QED) is 0.848. The van der Waals surface area contributed by atoms with Gasteiger partial charge in [-0.2, -0.15) is 0 Å². The van der Waals surface area contributed by atoms with Gasteiger partial charge < -0.3 is 14.3 Å². The second-order valence-electron chi connectivity index (χ2n) is 3.52. The van der Waals surface area contributed by atoms with E-state index >= 15 is 0 Å². The fraction of sp³-hybridized carbons (Fsp3) is 0.500. The lowest BCUT2D eigenvalue weighted by molar-refractivity contribution is 0.396. The molecule has 1 N–H and O–H groups in total. The standard InChI is InChI=1S/C10H14N4O2/c1-4-11-6(2)9-13-14-10(15-9)8-5-12-16-7(8)3/h5-6,11H,4H2,1-3H3. The molecule has 0 saturated heterocycles. The van der Waals surface area contributed by atoms with E-state index in [1.165, 1.54) is 0 Å². The van der Waals surface area contributed by atoms with Crippen LogP contribution in [0.25, 0.3) is 11.5 Å². The van der Waals surface area contributed by atoms with E-state index in [1.807, 2.05) is 13.8 Å².